The normalized spacial score (nSPS) is 10.8. The van der Waals surface area contributed by atoms with Gasteiger partial charge in [0.25, 0.3) is 5.91 Å². The van der Waals surface area contributed by atoms with Gasteiger partial charge in [-0.15, -0.1) is 0 Å². The second kappa shape index (κ2) is 6.33. The lowest BCUT2D eigenvalue weighted by atomic mass is 10.1. The number of fused-ring (bicyclic) bond motifs is 1. The maximum Gasteiger partial charge on any atom is 0.326 e. The van der Waals surface area contributed by atoms with Gasteiger partial charge in [-0.3, -0.25) is 9.36 Å². The summed E-state index contributed by atoms with van der Waals surface area (Å²) in [5, 5.41) is 2.77. The molecule has 2 aromatic carbocycles. The number of benzene rings is 2. The highest BCUT2D eigenvalue weighted by atomic mass is 16.2. The molecule has 128 valence electrons. The summed E-state index contributed by atoms with van der Waals surface area (Å²) < 4.78 is 1.50. The van der Waals surface area contributed by atoms with E-state index in [-0.39, 0.29) is 11.6 Å². The number of H-pyrrole nitrogens is 1. The Morgan fingerprint density at radius 1 is 1.04 bits per heavy atom. The van der Waals surface area contributed by atoms with Crippen LogP contribution in [0.5, 0.6) is 0 Å². The highest BCUT2D eigenvalue weighted by Crippen LogP contribution is 2.19. The van der Waals surface area contributed by atoms with Crippen molar-refractivity contribution in [3.8, 4) is 11.1 Å². The number of aryl methyl sites for hydroxylation is 1. The van der Waals surface area contributed by atoms with E-state index in [4.69, 9.17) is 0 Å². The van der Waals surface area contributed by atoms with E-state index in [0.29, 0.717) is 16.9 Å². The first-order valence-electron chi connectivity index (χ1n) is 8.13. The first-order chi connectivity index (χ1) is 12.6. The summed E-state index contributed by atoms with van der Waals surface area (Å²) in [7, 11) is 1.68. The number of carbonyl (C=O) groups excluding carboxylic acids is 1. The molecular weight excluding hydrogens is 328 g/mol. The van der Waals surface area contributed by atoms with Crippen LogP contribution in [0.25, 0.3) is 22.2 Å². The summed E-state index contributed by atoms with van der Waals surface area (Å²) in [4.78, 5) is 31.1. The zero-order chi connectivity index (χ0) is 18.1. The first-order valence-corrected chi connectivity index (χ1v) is 8.13. The predicted octanol–water partition coefficient (Wildman–Crippen LogP) is 3.18. The van der Waals surface area contributed by atoms with E-state index in [9.17, 15) is 9.59 Å². The third-order valence-corrected chi connectivity index (χ3v) is 4.28. The Kier molecular flexibility index (Phi) is 3.85. The van der Waals surface area contributed by atoms with Crippen LogP contribution in [0.3, 0.4) is 0 Å². The minimum atomic E-state index is -0.281. The standard InChI is InChI=1S/C20H16N4O2/c1-24-17-9-7-14(11-16(17)22-20(24)26)19(25)23-18-10-8-15(12-21-18)13-5-3-2-4-6-13/h2-12H,1H3,(H,22,26)(H,21,23,25). The van der Waals surface area contributed by atoms with Gasteiger partial charge in [0.05, 0.1) is 11.0 Å². The number of rotatable bonds is 3. The van der Waals surface area contributed by atoms with Gasteiger partial charge >= 0.3 is 5.69 Å². The first kappa shape index (κ1) is 15.8. The number of aromatic nitrogens is 3. The van der Waals surface area contributed by atoms with E-state index in [1.807, 2.05) is 36.4 Å². The number of hydrogen-bond donors (Lipinski definition) is 2. The summed E-state index contributed by atoms with van der Waals surface area (Å²) in [6.45, 7) is 0. The molecule has 0 bridgehead atoms. The number of aromatic amines is 1. The second-order valence-corrected chi connectivity index (χ2v) is 5.97. The molecule has 6 heteroatoms. The van der Waals surface area contributed by atoms with Crippen molar-refractivity contribution in [2.45, 2.75) is 0 Å². The molecule has 0 saturated heterocycles. The fraction of sp³-hybridized carbons (Fsp3) is 0.0500. The highest BCUT2D eigenvalue weighted by molar-refractivity contribution is 6.05. The number of pyridine rings is 1. The summed E-state index contributed by atoms with van der Waals surface area (Å²) in [5.74, 6) is 0.188. The molecule has 2 aromatic heterocycles. The van der Waals surface area contributed by atoms with Crippen LogP contribution in [-0.2, 0) is 7.05 Å². The minimum Gasteiger partial charge on any atom is -0.307 e. The van der Waals surface area contributed by atoms with E-state index in [2.05, 4.69) is 15.3 Å². The molecule has 4 rings (SSSR count). The van der Waals surface area contributed by atoms with E-state index >= 15 is 0 Å². The maximum atomic E-state index is 12.5. The molecule has 0 radical (unpaired) electrons. The molecule has 0 spiro atoms. The Morgan fingerprint density at radius 2 is 1.85 bits per heavy atom. The molecule has 0 atom stereocenters. The van der Waals surface area contributed by atoms with Gasteiger partial charge in [0.15, 0.2) is 0 Å². The number of carbonyl (C=O) groups is 1. The third-order valence-electron chi connectivity index (χ3n) is 4.28. The molecule has 0 aliphatic carbocycles. The Balaban J connectivity index is 1.55. The van der Waals surface area contributed by atoms with Crippen LogP contribution in [0.1, 0.15) is 10.4 Å². The van der Waals surface area contributed by atoms with Crippen molar-refractivity contribution in [2.75, 3.05) is 5.32 Å². The molecule has 6 nitrogen and oxygen atoms in total. The monoisotopic (exact) mass is 344 g/mol. The van der Waals surface area contributed by atoms with E-state index < -0.39 is 0 Å². The van der Waals surface area contributed by atoms with E-state index in [1.165, 1.54) is 4.57 Å². The summed E-state index contributed by atoms with van der Waals surface area (Å²) >= 11 is 0. The number of anilines is 1. The lowest BCUT2D eigenvalue weighted by molar-refractivity contribution is 0.102. The van der Waals surface area contributed by atoms with Crippen molar-refractivity contribution in [3.05, 3.63) is 82.9 Å². The van der Waals surface area contributed by atoms with E-state index in [0.717, 1.165) is 16.6 Å². The van der Waals surface area contributed by atoms with Crippen LogP contribution in [-0.4, -0.2) is 20.4 Å². The Labute approximate surface area is 149 Å². The molecule has 0 unspecified atom stereocenters. The largest absolute Gasteiger partial charge is 0.326 e. The summed E-state index contributed by atoms with van der Waals surface area (Å²) in [6, 6.07) is 18.7. The second-order valence-electron chi connectivity index (χ2n) is 5.97. The SMILES string of the molecule is Cn1c(=O)[nH]c2cc(C(=O)Nc3ccc(-c4ccccc4)cn3)ccc21. The van der Waals surface area contributed by atoms with Gasteiger partial charge in [-0.25, -0.2) is 9.78 Å². The lowest BCUT2D eigenvalue weighted by Gasteiger charge is -2.06. The van der Waals surface area contributed by atoms with Crippen LogP contribution in [0.15, 0.2) is 71.7 Å². The number of imidazole rings is 1. The van der Waals surface area contributed by atoms with Crippen LogP contribution in [0.4, 0.5) is 5.82 Å². The minimum absolute atomic E-state index is 0.212. The summed E-state index contributed by atoms with van der Waals surface area (Å²) in [5.41, 5.74) is 3.65. The van der Waals surface area contributed by atoms with Crippen molar-refractivity contribution in [1.82, 2.24) is 14.5 Å². The fourth-order valence-electron chi connectivity index (χ4n) is 2.84. The topological polar surface area (TPSA) is 79.8 Å². The molecule has 1 amide bonds. The summed E-state index contributed by atoms with van der Waals surface area (Å²) in [6.07, 6.45) is 1.73. The molecule has 26 heavy (non-hydrogen) atoms. The Morgan fingerprint density at radius 3 is 2.58 bits per heavy atom. The highest BCUT2D eigenvalue weighted by Gasteiger charge is 2.10. The van der Waals surface area contributed by atoms with Crippen LogP contribution < -0.4 is 11.0 Å². The van der Waals surface area contributed by atoms with Crippen molar-refractivity contribution >= 4 is 22.8 Å². The smallest absolute Gasteiger partial charge is 0.307 e. The van der Waals surface area contributed by atoms with Crippen molar-refractivity contribution in [3.63, 3.8) is 0 Å². The van der Waals surface area contributed by atoms with Crippen LogP contribution in [0.2, 0.25) is 0 Å². The van der Waals surface area contributed by atoms with Crippen molar-refractivity contribution in [1.29, 1.82) is 0 Å². The molecule has 0 fully saturated rings. The average molecular weight is 344 g/mol. The lowest BCUT2D eigenvalue weighted by Crippen LogP contribution is -2.12. The molecular formula is C20H16N4O2. The van der Waals surface area contributed by atoms with Gasteiger partial charge in [-0.2, -0.15) is 0 Å². The van der Waals surface area contributed by atoms with Crippen LogP contribution >= 0.6 is 0 Å². The molecule has 0 saturated carbocycles. The predicted molar refractivity (Wildman–Crippen MR) is 101 cm³/mol. The van der Waals surface area contributed by atoms with Crippen LogP contribution in [0, 0.1) is 0 Å². The Hall–Kier alpha value is -3.67. The molecule has 2 N–H and O–H groups in total. The van der Waals surface area contributed by atoms with Gasteiger partial charge in [-0.05, 0) is 35.9 Å². The number of nitrogens with zero attached hydrogens (tertiary/aromatic N) is 2. The van der Waals surface area contributed by atoms with Gasteiger partial charge in [0.1, 0.15) is 5.82 Å². The van der Waals surface area contributed by atoms with E-state index in [1.54, 1.807) is 37.5 Å². The number of amides is 1. The fourth-order valence-corrected chi connectivity index (χ4v) is 2.84. The molecule has 2 heterocycles. The zero-order valence-electron chi connectivity index (χ0n) is 14.1. The van der Waals surface area contributed by atoms with Gasteiger partial charge in [-0.1, -0.05) is 30.3 Å². The molecule has 4 aromatic rings. The van der Waals surface area contributed by atoms with Gasteiger partial charge in [0.2, 0.25) is 0 Å². The Bertz CT molecular complexity index is 1140. The van der Waals surface area contributed by atoms with Gasteiger partial charge < -0.3 is 10.3 Å². The van der Waals surface area contributed by atoms with Crippen molar-refractivity contribution in [2.24, 2.45) is 7.05 Å². The van der Waals surface area contributed by atoms with Gasteiger partial charge in [0, 0.05) is 24.4 Å². The average Bonchev–Trinajstić information content (AvgIpc) is 2.96. The van der Waals surface area contributed by atoms with Crippen molar-refractivity contribution < 1.29 is 4.79 Å². The zero-order valence-corrected chi connectivity index (χ0v) is 14.1. The maximum absolute atomic E-state index is 12.5. The molecule has 0 aliphatic heterocycles. The third kappa shape index (κ3) is 2.88. The number of nitrogens with one attached hydrogen (secondary N) is 2. The molecule has 0 aliphatic rings. The quantitative estimate of drug-likeness (QED) is 0.599. The number of hydrogen-bond acceptors (Lipinski definition) is 3.